The molecule has 114 valence electrons. The van der Waals surface area contributed by atoms with E-state index < -0.39 is 5.91 Å². The van der Waals surface area contributed by atoms with Crippen LogP contribution in [0.15, 0.2) is 24.3 Å². The van der Waals surface area contributed by atoms with Crippen LogP contribution in [0.25, 0.3) is 0 Å². The van der Waals surface area contributed by atoms with Crippen molar-refractivity contribution in [2.75, 3.05) is 13.1 Å². The monoisotopic (exact) mass is 311 g/mol. The number of carbonyl (C=O) groups is 3. The fraction of sp³-hybridized carbons (Fsp3) is 0.357. The molecule has 0 atom stereocenters. The zero-order valence-electron chi connectivity index (χ0n) is 11.9. The molecular formula is C14H18ClN3O3. The molecule has 3 amide bonds. The Bertz CT molecular complexity index is 515. The van der Waals surface area contributed by atoms with E-state index in [1.165, 1.54) is 0 Å². The fourth-order valence-corrected chi connectivity index (χ4v) is 1.60. The zero-order valence-corrected chi connectivity index (χ0v) is 12.7. The molecule has 0 saturated carbocycles. The second kappa shape index (κ2) is 8.26. The summed E-state index contributed by atoms with van der Waals surface area (Å²) in [6.07, 6.45) is 0. The number of nitrogens with one attached hydrogen (secondary N) is 3. The Hall–Kier alpha value is -2.08. The van der Waals surface area contributed by atoms with Gasteiger partial charge in [-0.25, -0.2) is 0 Å². The summed E-state index contributed by atoms with van der Waals surface area (Å²) in [5.74, 6) is -1.09. The highest BCUT2D eigenvalue weighted by Crippen LogP contribution is 2.09. The number of hydrogen-bond acceptors (Lipinski definition) is 3. The molecule has 0 fully saturated rings. The lowest BCUT2D eigenvalue weighted by molar-refractivity contribution is -0.125. The molecule has 0 spiro atoms. The molecule has 0 aromatic heterocycles. The maximum Gasteiger partial charge on any atom is 0.251 e. The SMILES string of the molecule is CC(C)NC(=O)CNC(=O)CNC(=O)c1ccc(Cl)cc1. The van der Waals surface area contributed by atoms with E-state index in [1.54, 1.807) is 24.3 Å². The van der Waals surface area contributed by atoms with Gasteiger partial charge in [0, 0.05) is 16.6 Å². The second-order valence-electron chi connectivity index (χ2n) is 4.69. The summed E-state index contributed by atoms with van der Waals surface area (Å²) in [5.41, 5.74) is 0.407. The Balaban J connectivity index is 2.31. The maximum atomic E-state index is 11.7. The highest BCUT2D eigenvalue weighted by Gasteiger charge is 2.09. The lowest BCUT2D eigenvalue weighted by Gasteiger charge is -2.09. The van der Waals surface area contributed by atoms with Crippen LogP contribution in [-0.4, -0.2) is 36.9 Å². The zero-order chi connectivity index (χ0) is 15.8. The van der Waals surface area contributed by atoms with Crippen LogP contribution in [0.3, 0.4) is 0 Å². The third-order valence-corrected chi connectivity index (χ3v) is 2.66. The molecule has 21 heavy (non-hydrogen) atoms. The van der Waals surface area contributed by atoms with Gasteiger partial charge in [-0.05, 0) is 38.1 Å². The third-order valence-electron chi connectivity index (χ3n) is 2.41. The minimum absolute atomic E-state index is 0.0130. The van der Waals surface area contributed by atoms with Crippen LogP contribution in [-0.2, 0) is 9.59 Å². The molecule has 0 saturated heterocycles. The van der Waals surface area contributed by atoms with Gasteiger partial charge in [0.15, 0.2) is 0 Å². The van der Waals surface area contributed by atoms with Gasteiger partial charge in [-0.2, -0.15) is 0 Å². The number of hydrogen-bond donors (Lipinski definition) is 3. The smallest absolute Gasteiger partial charge is 0.251 e. The molecule has 0 radical (unpaired) electrons. The summed E-state index contributed by atoms with van der Waals surface area (Å²) in [7, 11) is 0. The standard InChI is InChI=1S/C14H18ClN3O3/c1-9(2)18-13(20)8-16-12(19)7-17-14(21)10-3-5-11(15)6-4-10/h3-6,9H,7-8H2,1-2H3,(H,16,19)(H,17,21)(H,18,20). The van der Waals surface area contributed by atoms with Crippen molar-refractivity contribution in [2.24, 2.45) is 0 Å². The molecule has 1 aromatic rings. The molecule has 0 aliphatic rings. The highest BCUT2D eigenvalue weighted by molar-refractivity contribution is 6.30. The van der Waals surface area contributed by atoms with Gasteiger partial charge in [-0.15, -0.1) is 0 Å². The van der Waals surface area contributed by atoms with Crippen molar-refractivity contribution in [3.63, 3.8) is 0 Å². The Morgan fingerprint density at radius 1 is 1.00 bits per heavy atom. The van der Waals surface area contributed by atoms with Crippen molar-refractivity contribution in [3.8, 4) is 0 Å². The van der Waals surface area contributed by atoms with E-state index in [0.717, 1.165) is 0 Å². The molecule has 1 aromatic carbocycles. The average molecular weight is 312 g/mol. The van der Waals surface area contributed by atoms with E-state index in [4.69, 9.17) is 11.6 Å². The van der Waals surface area contributed by atoms with Crippen LogP contribution in [0, 0.1) is 0 Å². The Kier molecular flexibility index (Phi) is 6.68. The molecule has 0 bridgehead atoms. The molecule has 7 heteroatoms. The fourth-order valence-electron chi connectivity index (χ4n) is 1.48. The van der Waals surface area contributed by atoms with Gasteiger partial charge >= 0.3 is 0 Å². The van der Waals surface area contributed by atoms with Crippen molar-refractivity contribution < 1.29 is 14.4 Å². The highest BCUT2D eigenvalue weighted by atomic mass is 35.5. The van der Waals surface area contributed by atoms with E-state index in [0.29, 0.717) is 10.6 Å². The lowest BCUT2D eigenvalue weighted by Crippen LogP contribution is -2.43. The molecule has 0 aliphatic carbocycles. The Labute approximate surface area is 128 Å². The molecular weight excluding hydrogens is 294 g/mol. The molecule has 3 N–H and O–H groups in total. The minimum atomic E-state index is -0.434. The Morgan fingerprint density at radius 2 is 1.57 bits per heavy atom. The first-order valence-electron chi connectivity index (χ1n) is 6.48. The summed E-state index contributed by atoms with van der Waals surface area (Å²) >= 11 is 5.72. The molecule has 0 unspecified atom stereocenters. The van der Waals surface area contributed by atoms with Crippen molar-refractivity contribution in [2.45, 2.75) is 19.9 Å². The van der Waals surface area contributed by atoms with Crippen molar-refractivity contribution >= 4 is 29.3 Å². The van der Waals surface area contributed by atoms with Gasteiger partial charge in [0.1, 0.15) is 0 Å². The van der Waals surface area contributed by atoms with Gasteiger partial charge in [0.05, 0.1) is 13.1 Å². The van der Waals surface area contributed by atoms with Gasteiger partial charge in [-0.1, -0.05) is 11.6 Å². The predicted molar refractivity (Wildman–Crippen MR) is 80.1 cm³/mol. The van der Waals surface area contributed by atoms with Gasteiger partial charge in [-0.3, -0.25) is 14.4 Å². The summed E-state index contributed by atoms with van der Waals surface area (Å²) in [4.78, 5) is 34.6. The summed E-state index contributed by atoms with van der Waals surface area (Å²) in [5, 5.41) is 8.04. The summed E-state index contributed by atoms with van der Waals surface area (Å²) < 4.78 is 0. The van der Waals surface area contributed by atoms with Crippen molar-refractivity contribution in [1.82, 2.24) is 16.0 Å². The van der Waals surface area contributed by atoms with E-state index >= 15 is 0 Å². The van der Waals surface area contributed by atoms with Crippen LogP contribution in [0.1, 0.15) is 24.2 Å². The van der Waals surface area contributed by atoms with E-state index in [2.05, 4.69) is 16.0 Å². The number of carbonyl (C=O) groups excluding carboxylic acids is 3. The van der Waals surface area contributed by atoms with E-state index in [9.17, 15) is 14.4 Å². The van der Waals surface area contributed by atoms with Gasteiger partial charge < -0.3 is 16.0 Å². The first kappa shape index (κ1) is 17.0. The van der Waals surface area contributed by atoms with Crippen LogP contribution in [0.5, 0.6) is 0 Å². The maximum absolute atomic E-state index is 11.7. The van der Waals surface area contributed by atoms with E-state index in [1.807, 2.05) is 13.8 Å². The van der Waals surface area contributed by atoms with E-state index in [-0.39, 0.29) is 30.9 Å². The topological polar surface area (TPSA) is 87.3 Å². The number of halogens is 1. The molecule has 1 rings (SSSR count). The van der Waals surface area contributed by atoms with Gasteiger partial charge in [0.25, 0.3) is 5.91 Å². The normalized spacial score (nSPS) is 10.1. The third kappa shape index (κ3) is 6.76. The number of amides is 3. The predicted octanol–water partition coefficient (Wildman–Crippen LogP) is 0.711. The van der Waals surface area contributed by atoms with Crippen LogP contribution >= 0.6 is 11.6 Å². The first-order chi connectivity index (χ1) is 9.88. The summed E-state index contributed by atoms with van der Waals surface area (Å²) in [6, 6.07) is 6.32. The molecule has 0 aliphatic heterocycles. The Morgan fingerprint density at radius 3 is 2.14 bits per heavy atom. The second-order valence-corrected chi connectivity index (χ2v) is 5.12. The quantitative estimate of drug-likeness (QED) is 0.723. The largest absolute Gasteiger partial charge is 0.352 e. The van der Waals surface area contributed by atoms with Gasteiger partial charge in [0.2, 0.25) is 11.8 Å². The number of rotatable bonds is 6. The lowest BCUT2D eigenvalue weighted by atomic mass is 10.2. The summed E-state index contributed by atoms with van der Waals surface area (Å²) in [6.45, 7) is 3.34. The molecule has 6 nitrogen and oxygen atoms in total. The van der Waals surface area contributed by atoms with Crippen molar-refractivity contribution in [3.05, 3.63) is 34.9 Å². The first-order valence-corrected chi connectivity index (χ1v) is 6.86. The minimum Gasteiger partial charge on any atom is -0.352 e. The van der Waals surface area contributed by atoms with Crippen LogP contribution in [0.4, 0.5) is 0 Å². The van der Waals surface area contributed by atoms with Crippen LogP contribution < -0.4 is 16.0 Å². The van der Waals surface area contributed by atoms with Crippen LogP contribution in [0.2, 0.25) is 5.02 Å². The average Bonchev–Trinajstić information content (AvgIpc) is 2.42. The number of benzene rings is 1. The van der Waals surface area contributed by atoms with Crippen molar-refractivity contribution in [1.29, 1.82) is 0 Å². The molecule has 0 heterocycles.